The Hall–Kier alpha value is -1.48. The lowest BCUT2D eigenvalue weighted by Crippen LogP contribution is -2.45. The van der Waals surface area contributed by atoms with Crippen LogP contribution in [-0.2, 0) is 10.0 Å². The fraction of sp³-hybridized carbons (Fsp3) is 0.667. The molecule has 0 spiro atoms. The van der Waals surface area contributed by atoms with Gasteiger partial charge in [-0.25, -0.2) is 8.42 Å². The van der Waals surface area contributed by atoms with Crippen LogP contribution in [0.4, 0.5) is 0 Å². The van der Waals surface area contributed by atoms with Crippen molar-refractivity contribution in [1.82, 2.24) is 19.4 Å². The zero-order chi connectivity index (χ0) is 20.9. The second-order valence-corrected chi connectivity index (χ2v) is 10.1. The van der Waals surface area contributed by atoms with Crippen LogP contribution in [0.5, 0.6) is 0 Å². The Morgan fingerprint density at radius 3 is 2.41 bits per heavy atom. The van der Waals surface area contributed by atoms with Gasteiger partial charge in [0.1, 0.15) is 0 Å². The number of piperidine rings is 1. The van der Waals surface area contributed by atoms with Crippen molar-refractivity contribution in [1.29, 1.82) is 0 Å². The molecule has 3 rings (SSSR count). The molecule has 1 N–H and O–H groups in total. The third kappa shape index (κ3) is 5.78. The van der Waals surface area contributed by atoms with Gasteiger partial charge in [-0.1, -0.05) is 12.5 Å². The van der Waals surface area contributed by atoms with E-state index in [4.69, 9.17) is 0 Å². The molecule has 0 aliphatic carbocycles. The molecule has 2 heterocycles. The normalized spacial score (nSPS) is 19.9. The van der Waals surface area contributed by atoms with Crippen LogP contribution >= 0.6 is 0 Å². The molecule has 0 atom stereocenters. The first-order chi connectivity index (χ1) is 13.9. The fourth-order valence-corrected chi connectivity index (χ4v) is 5.71. The molecule has 2 saturated heterocycles. The van der Waals surface area contributed by atoms with Crippen molar-refractivity contribution in [3.8, 4) is 0 Å². The number of sulfonamides is 1. The summed E-state index contributed by atoms with van der Waals surface area (Å²) in [5.74, 6) is -0.210. The molecule has 8 heteroatoms. The summed E-state index contributed by atoms with van der Waals surface area (Å²) in [5, 5.41) is 2.94. The van der Waals surface area contributed by atoms with E-state index in [1.54, 1.807) is 23.4 Å². The Labute approximate surface area is 175 Å². The van der Waals surface area contributed by atoms with Crippen molar-refractivity contribution in [2.75, 3.05) is 59.4 Å². The first-order valence-electron chi connectivity index (χ1n) is 10.7. The summed E-state index contributed by atoms with van der Waals surface area (Å²) < 4.78 is 27.6. The minimum Gasteiger partial charge on any atom is -0.352 e. The van der Waals surface area contributed by atoms with Crippen LogP contribution in [-0.4, -0.2) is 87.8 Å². The van der Waals surface area contributed by atoms with Crippen molar-refractivity contribution in [3.63, 3.8) is 0 Å². The first kappa shape index (κ1) is 22.2. The number of nitrogens with one attached hydrogen (secondary N) is 1. The van der Waals surface area contributed by atoms with E-state index in [0.717, 1.165) is 58.4 Å². The maximum atomic E-state index is 13.0. The van der Waals surface area contributed by atoms with Gasteiger partial charge < -0.3 is 15.1 Å². The van der Waals surface area contributed by atoms with Crippen LogP contribution in [0.2, 0.25) is 0 Å². The molecule has 1 aromatic carbocycles. The van der Waals surface area contributed by atoms with Gasteiger partial charge in [-0.05, 0) is 57.5 Å². The van der Waals surface area contributed by atoms with Crippen molar-refractivity contribution < 1.29 is 13.2 Å². The summed E-state index contributed by atoms with van der Waals surface area (Å²) in [6.45, 7) is 8.78. The van der Waals surface area contributed by atoms with Crippen LogP contribution in [0.25, 0.3) is 0 Å². The number of benzene rings is 1. The monoisotopic (exact) mass is 422 g/mol. The van der Waals surface area contributed by atoms with Crippen molar-refractivity contribution in [2.24, 2.45) is 0 Å². The van der Waals surface area contributed by atoms with E-state index in [1.807, 2.05) is 0 Å². The quantitative estimate of drug-likeness (QED) is 0.675. The number of likely N-dealkylation sites (N-methyl/N-ethyl adjacent to an activating group) is 1. The molecule has 1 amide bonds. The van der Waals surface area contributed by atoms with E-state index in [0.29, 0.717) is 30.8 Å². The third-order valence-corrected chi connectivity index (χ3v) is 7.96. The summed E-state index contributed by atoms with van der Waals surface area (Å²) in [4.78, 5) is 17.6. The Kier molecular flexibility index (Phi) is 7.67. The molecule has 162 valence electrons. The second kappa shape index (κ2) is 10.0. The van der Waals surface area contributed by atoms with Gasteiger partial charge in [-0.3, -0.25) is 4.79 Å². The van der Waals surface area contributed by atoms with Gasteiger partial charge in [0.15, 0.2) is 0 Å². The van der Waals surface area contributed by atoms with Gasteiger partial charge in [0.2, 0.25) is 10.0 Å². The Bertz CT molecular complexity index is 798. The van der Waals surface area contributed by atoms with E-state index < -0.39 is 10.0 Å². The number of hydrogen-bond donors (Lipinski definition) is 1. The van der Waals surface area contributed by atoms with Gasteiger partial charge in [0.25, 0.3) is 5.91 Å². The van der Waals surface area contributed by atoms with Gasteiger partial charge in [0, 0.05) is 51.4 Å². The van der Waals surface area contributed by atoms with E-state index >= 15 is 0 Å². The highest BCUT2D eigenvalue weighted by atomic mass is 32.2. The van der Waals surface area contributed by atoms with Gasteiger partial charge >= 0.3 is 0 Å². The topological polar surface area (TPSA) is 73.0 Å². The third-order valence-electron chi connectivity index (χ3n) is 5.92. The molecule has 0 saturated carbocycles. The van der Waals surface area contributed by atoms with Crippen LogP contribution in [0.1, 0.15) is 41.6 Å². The lowest BCUT2D eigenvalue weighted by atomic mass is 10.1. The minimum absolute atomic E-state index is 0.210. The number of carbonyl (C=O) groups is 1. The summed E-state index contributed by atoms with van der Waals surface area (Å²) in [6.07, 6.45) is 3.75. The summed E-state index contributed by atoms with van der Waals surface area (Å²) in [7, 11) is -1.41. The standard InChI is InChI=1S/C21H34N4O3S/c1-18-7-8-19(17-20(18)29(27,28)25-11-4-3-5-12-25)21(26)22-9-6-10-24-15-13-23(2)14-16-24/h7-8,17H,3-6,9-16H2,1-2H3,(H,22,26). The number of piperazine rings is 1. The van der Waals surface area contributed by atoms with E-state index in [2.05, 4.69) is 22.2 Å². The number of rotatable bonds is 7. The highest BCUT2D eigenvalue weighted by Crippen LogP contribution is 2.24. The van der Waals surface area contributed by atoms with Crippen molar-refractivity contribution in [3.05, 3.63) is 29.3 Å². The average Bonchev–Trinajstić information content (AvgIpc) is 2.73. The van der Waals surface area contributed by atoms with E-state index in [9.17, 15) is 13.2 Å². The lowest BCUT2D eigenvalue weighted by molar-refractivity contribution is 0.0949. The number of carbonyl (C=O) groups excluding carboxylic acids is 1. The van der Waals surface area contributed by atoms with E-state index in [-0.39, 0.29) is 10.8 Å². The minimum atomic E-state index is -3.55. The van der Waals surface area contributed by atoms with Crippen LogP contribution in [0, 0.1) is 6.92 Å². The number of aryl methyl sites for hydroxylation is 1. The maximum Gasteiger partial charge on any atom is 0.251 e. The average molecular weight is 423 g/mol. The number of nitrogens with zero attached hydrogens (tertiary/aromatic N) is 3. The highest BCUT2D eigenvalue weighted by molar-refractivity contribution is 7.89. The maximum absolute atomic E-state index is 13.0. The van der Waals surface area contributed by atoms with Crippen LogP contribution in [0.15, 0.2) is 23.1 Å². The number of hydrogen-bond acceptors (Lipinski definition) is 5. The molecule has 7 nitrogen and oxygen atoms in total. The van der Waals surface area contributed by atoms with Crippen molar-refractivity contribution in [2.45, 2.75) is 37.5 Å². The zero-order valence-electron chi connectivity index (χ0n) is 17.7. The molecule has 0 radical (unpaired) electrons. The fourth-order valence-electron chi connectivity index (χ4n) is 3.94. The molecular weight excluding hydrogens is 388 g/mol. The smallest absolute Gasteiger partial charge is 0.251 e. The Balaban J connectivity index is 1.56. The summed E-state index contributed by atoms with van der Waals surface area (Å²) in [5.41, 5.74) is 1.09. The van der Waals surface area contributed by atoms with Gasteiger partial charge in [0.05, 0.1) is 4.90 Å². The zero-order valence-corrected chi connectivity index (χ0v) is 18.5. The first-order valence-corrected chi connectivity index (χ1v) is 12.1. The lowest BCUT2D eigenvalue weighted by Gasteiger charge is -2.32. The predicted molar refractivity (Wildman–Crippen MR) is 115 cm³/mol. The Morgan fingerprint density at radius 2 is 1.72 bits per heavy atom. The molecule has 29 heavy (non-hydrogen) atoms. The molecule has 0 bridgehead atoms. The van der Waals surface area contributed by atoms with Crippen LogP contribution < -0.4 is 5.32 Å². The van der Waals surface area contributed by atoms with Crippen molar-refractivity contribution >= 4 is 15.9 Å². The predicted octanol–water partition coefficient (Wildman–Crippen LogP) is 1.54. The highest BCUT2D eigenvalue weighted by Gasteiger charge is 2.28. The molecule has 1 aromatic rings. The summed E-state index contributed by atoms with van der Waals surface area (Å²) >= 11 is 0. The molecular formula is C21H34N4O3S. The SMILES string of the molecule is Cc1ccc(C(=O)NCCCN2CCN(C)CC2)cc1S(=O)(=O)N1CCCCC1. The summed E-state index contributed by atoms with van der Waals surface area (Å²) in [6, 6.07) is 4.98. The van der Waals surface area contributed by atoms with Crippen LogP contribution in [0.3, 0.4) is 0 Å². The molecule has 2 fully saturated rings. The Morgan fingerprint density at radius 1 is 1.03 bits per heavy atom. The molecule has 2 aliphatic heterocycles. The van der Waals surface area contributed by atoms with Gasteiger partial charge in [-0.2, -0.15) is 4.31 Å². The second-order valence-electron chi connectivity index (χ2n) is 8.20. The largest absolute Gasteiger partial charge is 0.352 e. The van der Waals surface area contributed by atoms with Gasteiger partial charge in [-0.15, -0.1) is 0 Å². The molecule has 0 aromatic heterocycles. The molecule has 0 unspecified atom stereocenters. The van der Waals surface area contributed by atoms with E-state index in [1.165, 1.54) is 6.07 Å². The number of amides is 1. The molecule has 2 aliphatic rings.